The molecule has 6 heteroatoms. The number of nitrogen functional groups attached to an aromatic ring is 1. The van der Waals surface area contributed by atoms with Crippen LogP contribution < -0.4 is 11.1 Å². The first-order valence-corrected chi connectivity index (χ1v) is 8.81. The lowest BCUT2D eigenvalue weighted by molar-refractivity contribution is -0.116. The molecular formula is C15H24N2O3S. The largest absolute Gasteiger partial charge is 0.399 e. The molecule has 21 heavy (non-hydrogen) atoms. The van der Waals surface area contributed by atoms with E-state index < -0.39 is 9.84 Å². The number of sulfone groups is 1. The van der Waals surface area contributed by atoms with Gasteiger partial charge in [0.25, 0.3) is 0 Å². The van der Waals surface area contributed by atoms with Gasteiger partial charge in [-0.3, -0.25) is 4.79 Å². The van der Waals surface area contributed by atoms with Crippen LogP contribution in [0.4, 0.5) is 11.4 Å². The first-order valence-electron chi connectivity index (χ1n) is 7.09. The van der Waals surface area contributed by atoms with Crippen molar-refractivity contribution in [2.45, 2.75) is 38.9 Å². The highest BCUT2D eigenvalue weighted by Gasteiger charge is 2.23. The predicted octanol–water partition coefficient (Wildman–Crippen LogP) is 2.45. The summed E-state index contributed by atoms with van der Waals surface area (Å²) >= 11 is 0. The Morgan fingerprint density at radius 1 is 1.29 bits per heavy atom. The molecule has 0 spiro atoms. The molecule has 0 heterocycles. The minimum Gasteiger partial charge on any atom is -0.399 e. The van der Waals surface area contributed by atoms with Crippen LogP contribution in [0.15, 0.2) is 24.3 Å². The minimum absolute atomic E-state index is 0.0384. The molecule has 1 unspecified atom stereocenters. The van der Waals surface area contributed by atoms with E-state index in [0.29, 0.717) is 17.8 Å². The fraction of sp³-hybridized carbons (Fsp3) is 0.533. The first kappa shape index (κ1) is 17.5. The molecule has 0 aliphatic heterocycles. The Kier molecular flexibility index (Phi) is 6.20. The van der Waals surface area contributed by atoms with Crippen LogP contribution in [0.2, 0.25) is 0 Å². The maximum Gasteiger partial charge on any atom is 0.224 e. The Labute approximate surface area is 126 Å². The molecule has 1 amide bonds. The SMILES string of the molecule is CC(C)C(C)S(=O)(=O)CCCC(=O)Nc1cccc(N)c1. The van der Waals surface area contributed by atoms with E-state index >= 15 is 0 Å². The summed E-state index contributed by atoms with van der Waals surface area (Å²) in [6, 6.07) is 6.89. The Morgan fingerprint density at radius 2 is 1.95 bits per heavy atom. The average Bonchev–Trinajstić information content (AvgIpc) is 2.37. The van der Waals surface area contributed by atoms with Gasteiger partial charge in [-0.2, -0.15) is 0 Å². The third-order valence-corrected chi connectivity index (χ3v) is 6.04. The zero-order chi connectivity index (χ0) is 16.0. The van der Waals surface area contributed by atoms with Gasteiger partial charge >= 0.3 is 0 Å². The van der Waals surface area contributed by atoms with Crippen LogP contribution >= 0.6 is 0 Å². The number of benzene rings is 1. The van der Waals surface area contributed by atoms with Crippen molar-refractivity contribution in [1.82, 2.24) is 0 Å². The normalized spacial score (nSPS) is 13.1. The van der Waals surface area contributed by atoms with Gasteiger partial charge in [0, 0.05) is 17.8 Å². The van der Waals surface area contributed by atoms with Crippen molar-refractivity contribution in [3.8, 4) is 0 Å². The highest BCUT2D eigenvalue weighted by Crippen LogP contribution is 2.15. The van der Waals surface area contributed by atoms with Gasteiger partial charge in [0.1, 0.15) is 0 Å². The molecule has 1 aromatic rings. The molecule has 0 aromatic heterocycles. The third-order valence-electron chi connectivity index (χ3n) is 3.51. The number of hydrogen-bond donors (Lipinski definition) is 2. The maximum atomic E-state index is 12.0. The highest BCUT2D eigenvalue weighted by atomic mass is 32.2. The lowest BCUT2D eigenvalue weighted by Crippen LogP contribution is -2.26. The molecular weight excluding hydrogens is 288 g/mol. The van der Waals surface area contributed by atoms with Crippen LogP contribution in [0, 0.1) is 5.92 Å². The summed E-state index contributed by atoms with van der Waals surface area (Å²) in [5.41, 5.74) is 6.82. The first-order chi connectivity index (χ1) is 9.72. The third kappa shape index (κ3) is 5.75. The summed E-state index contributed by atoms with van der Waals surface area (Å²) in [5, 5.41) is 2.33. The van der Waals surface area contributed by atoms with Crippen LogP contribution in [0.1, 0.15) is 33.6 Å². The molecule has 1 rings (SSSR count). The van der Waals surface area contributed by atoms with E-state index in [-0.39, 0.29) is 29.2 Å². The zero-order valence-electron chi connectivity index (χ0n) is 12.8. The van der Waals surface area contributed by atoms with Gasteiger partial charge in [-0.25, -0.2) is 8.42 Å². The van der Waals surface area contributed by atoms with Gasteiger partial charge in [0.15, 0.2) is 9.84 Å². The van der Waals surface area contributed by atoms with Crippen molar-refractivity contribution >= 4 is 27.1 Å². The van der Waals surface area contributed by atoms with Crippen LogP contribution in [0.3, 0.4) is 0 Å². The number of carbonyl (C=O) groups is 1. The van der Waals surface area contributed by atoms with Gasteiger partial charge in [0.05, 0.1) is 11.0 Å². The van der Waals surface area contributed by atoms with E-state index in [1.54, 1.807) is 31.2 Å². The van der Waals surface area contributed by atoms with Crippen LogP contribution in [0.5, 0.6) is 0 Å². The molecule has 1 atom stereocenters. The molecule has 0 saturated heterocycles. The molecule has 0 aliphatic rings. The van der Waals surface area contributed by atoms with Crippen molar-refractivity contribution in [1.29, 1.82) is 0 Å². The van der Waals surface area contributed by atoms with Crippen LogP contribution in [-0.4, -0.2) is 25.3 Å². The summed E-state index contributed by atoms with van der Waals surface area (Å²) in [5.74, 6) is -0.0828. The standard InChI is InChI=1S/C15H24N2O3S/c1-11(2)12(3)21(19,20)9-5-8-15(18)17-14-7-4-6-13(16)10-14/h4,6-7,10-12H,5,8-9,16H2,1-3H3,(H,17,18). The summed E-state index contributed by atoms with van der Waals surface area (Å²) in [7, 11) is -3.13. The second-order valence-electron chi connectivity index (χ2n) is 5.59. The zero-order valence-corrected chi connectivity index (χ0v) is 13.6. The van der Waals surface area contributed by atoms with Crippen molar-refractivity contribution in [2.75, 3.05) is 16.8 Å². The van der Waals surface area contributed by atoms with Crippen LogP contribution in [0.25, 0.3) is 0 Å². The average molecular weight is 312 g/mol. The number of nitrogens with one attached hydrogen (secondary N) is 1. The summed E-state index contributed by atoms with van der Waals surface area (Å²) in [4.78, 5) is 11.8. The molecule has 3 N–H and O–H groups in total. The molecule has 0 bridgehead atoms. The number of hydrogen-bond acceptors (Lipinski definition) is 4. The van der Waals surface area contributed by atoms with E-state index in [1.807, 2.05) is 13.8 Å². The van der Waals surface area contributed by atoms with Gasteiger partial charge in [-0.1, -0.05) is 19.9 Å². The summed E-state index contributed by atoms with van der Waals surface area (Å²) in [6.07, 6.45) is 0.506. The second kappa shape index (κ2) is 7.45. The molecule has 118 valence electrons. The summed E-state index contributed by atoms with van der Waals surface area (Å²) in [6.45, 7) is 5.48. The molecule has 1 aromatic carbocycles. The van der Waals surface area contributed by atoms with Crippen molar-refractivity contribution in [3.63, 3.8) is 0 Å². The summed E-state index contributed by atoms with van der Waals surface area (Å²) < 4.78 is 24.0. The smallest absolute Gasteiger partial charge is 0.224 e. The number of carbonyl (C=O) groups excluding carboxylic acids is 1. The van der Waals surface area contributed by atoms with E-state index in [2.05, 4.69) is 5.32 Å². The number of anilines is 2. The number of nitrogens with two attached hydrogens (primary N) is 1. The van der Waals surface area contributed by atoms with E-state index in [0.717, 1.165) is 0 Å². The predicted molar refractivity (Wildman–Crippen MR) is 86.8 cm³/mol. The Hall–Kier alpha value is -1.56. The Bertz CT molecular complexity index is 582. The van der Waals surface area contributed by atoms with Crippen molar-refractivity contribution in [3.05, 3.63) is 24.3 Å². The van der Waals surface area contributed by atoms with Gasteiger partial charge in [-0.05, 0) is 37.5 Å². The number of amides is 1. The minimum atomic E-state index is -3.13. The lowest BCUT2D eigenvalue weighted by atomic mass is 10.2. The fourth-order valence-corrected chi connectivity index (χ4v) is 3.62. The van der Waals surface area contributed by atoms with Crippen molar-refractivity contribution < 1.29 is 13.2 Å². The quantitative estimate of drug-likeness (QED) is 0.757. The topological polar surface area (TPSA) is 89.3 Å². The van der Waals surface area contributed by atoms with E-state index in [1.165, 1.54) is 0 Å². The Balaban J connectivity index is 2.44. The lowest BCUT2D eigenvalue weighted by Gasteiger charge is -2.16. The van der Waals surface area contributed by atoms with E-state index in [4.69, 9.17) is 5.73 Å². The molecule has 0 saturated carbocycles. The highest BCUT2D eigenvalue weighted by molar-refractivity contribution is 7.92. The molecule has 0 fully saturated rings. The Morgan fingerprint density at radius 3 is 2.52 bits per heavy atom. The number of rotatable bonds is 7. The molecule has 0 radical (unpaired) electrons. The van der Waals surface area contributed by atoms with E-state index in [9.17, 15) is 13.2 Å². The van der Waals surface area contributed by atoms with Gasteiger partial charge in [-0.15, -0.1) is 0 Å². The van der Waals surface area contributed by atoms with Gasteiger partial charge < -0.3 is 11.1 Å². The van der Waals surface area contributed by atoms with Gasteiger partial charge in [0.2, 0.25) is 5.91 Å². The molecule has 0 aliphatic carbocycles. The second-order valence-corrected chi connectivity index (χ2v) is 8.07. The van der Waals surface area contributed by atoms with Crippen LogP contribution in [-0.2, 0) is 14.6 Å². The van der Waals surface area contributed by atoms with Crippen molar-refractivity contribution in [2.24, 2.45) is 5.92 Å². The molecule has 5 nitrogen and oxygen atoms in total. The maximum absolute atomic E-state index is 12.0. The monoisotopic (exact) mass is 312 g/mol. The fourth-order valence-electron chi connectivity index (χ4n) is 1.87.